The van der Waals surface area contributed by atoms with E-state index in [0.29, 0.717) is 5.76 Å². The fourth-order valence-electron chi connectivity index (χ4n) is 1.27. The van der Waals surface area contributed by atoms with Crippen molar-refractivity contribution in [2.24, 2.45) is 0 Å². The number of aryl methyl sites for hydroxylation is 1. The molecule has 0 unspecified atom stereocenters. The van der Waals surface area contributed by atoms with Crippen LogP contribution in [0.1, 0.15) is 16.2 Å². The lowest BCUT2D eigenvalue weighted by molar-refractivity contribution is 0.0595. The molecule has 0 aromatic carbocycles. The van der Waals surface area contributed by atoms with Crippen LogP contribution < -0.4 is 5.56 Å². The number of rotatable bonds is 1. The highest BCUT2D eigenvalue weighted by atomic mass is 16.5. The summed E-state index contributed by atoms with van der Waals surface area (Å²) in [6.07, 6.45) is 0. The van der Waals surface area contributed by atoms with Gasteiger partial charge in [0.15, 0.2) is 11.2 Å². The molecule has 0 amide bonds. The maximum atomic E-state index is 11.3. The first kappa shape index (κ1) is 9.38. The average molecular weight is 209 g/mol. The summed E-state index contributed by atoms with van der Waals surface area (Å²) < 4.78 is 9.33. The Balaban J connectivity index is 2.87. The third-order valence-electron chi connectivity index (χ3n) is 1.96. The van der Waals surface area contributed by atoms with Gasteiger partial charge in [-0.2, -0.15) is 5.10 Å². The van der Waals surface area contributed by atoms with Crippen LogP contribution in [0.3, 0.4) is 0 Å². The van der Waals surface area contributed by atoms with E-state index in [2.05, 4.69) is 20.1 Å². The number of fused-ring (bicyclic) bond motifs is 1. The number of nitrogens with one attached hydrogen (secondary N) is 1. The fraction of sp³-hybridized carbons (Fsp3) is 0.250. The van der Waals surface area contributed by atoms with Crippen LogP contribution in [0.15, 0.2) is 9.32 Å². The van der Waals surface area contributed by atoms with E-state index in [1.165, 1.54) is 7.11 Å². The maximum Gasteiger partial charge on any atom is 0.359 e. The van der Waals surface area contributed by atoms with E-state index >= 15 is 0 Å². The highest BCUT2D eigenvalue weighted by Crippen LogP contribution is 2.17. The quantitative estimate of drug-likeness (QED) is 0.664. The molecule has 2 aromatic rings. The van der Waals surface area contributed by atoms with Crippen molar-refractivity contribution in [2.45, 2.75) is 6.92 Å². The van der Waals surface area contributed by atoms with Crippen molar-refractivity contribution in [3.8, 4) is 0 Å². The zero-order valence-corrected chi connectivity index (χ0v) is 8.03. The van der Waals surface area contributed by atoms with Crippen molar-refractivity contribution in [2.75, 3.05) is 7.11 Å². The number of aromatic amines is 1. The Kier molecular flexibility index (Phi) is 2.00. The Hall–Kier alpha value is -2.18. The molecule has 0 aliphatic carbocycles. The Morgan fingerprint density at radius 1 is 1.53 bits per heavy atom. The highest BCUT2D eigenvalue weighted by molar-refractivity contribution is 6.01. The Morgan fingerprint density at radius 2 is 2.27 bits per heavy atom. The van der Waals surface area contributed by atoms with Crippen LogP contribution in [0, 0.1) is 6.92 Å². The number of carbonyl (C=O) groups excluding carboxylic acids is 1. The van der Waals surface area contributed by atoms with Gasteiger partial charge in [-0.3, -0.25) is 4.79 Å². The summed E-state index contributed by atoms with van der Waals surface area (Å²) in [4.78, 5) is 22.6. The molecule has 1 N–H and O–H groups in total. The van der Waals surface area contributed by atoms with E-state index in [9.17, 15) is 9.59 Å². The first-order valence-electron chi connectivity index (χ1n) is 4.08. The minimum atomic E-state index is -0.650. The van der Waals surface area contributed by atoms with Crippen molar-refractivity contribution < 1.29 is 14.1 Å². The molecule has 0 aliphatic heterocycles. The summed E-state index contributed by atoms with van der Waals surface area (Å²) in [7, 11) is 1.23. The van der Waals surface area contributed by atoms with E-state index in [-0.39, 0.29) is 16.6 Å². The molecule has 0 bridgehead atoms. The maximum absolute atomic E-state index is 11.3. The molecule has 2 aromatic heterocycles. The lowest BCUT2D eigenvalue weighted by Crippen LogP contribution is -2.15. The highest BCUT2D eigenvalue weighted by Gasteiger charge is 2.19. The number of nitrogens with zero attached hydrogens (tertiary/aromatic N) is 2. The Bertz CT molecular complexity index is 583. The number of carbonyl (C=O) groups is 1. The van der Waals surface area contributed by atoms with Crippen LogP contribution >= 0.6 is 0 Å². The molecule has 0 saturated carbocycles. The minimum Gasteiger partial charge on any atom is -0.464 e. The van der Waals surface area contributed by atoms with Gasteiger partial charge in [0.25, 0.3) is 5.56 Å². The third-order valence-corrected chi connectivity index (χ3v) is 1.96. The second-order valence-corrected chi connectivity index (χ2v) is 2.86. The minimum absolute atomic E-state index is 0.00847. The molecule has 0 radical (unpaired) electrons. The number of esters is 1. The van der Waals surface area contributed by atoms with Crippen LogP contribution in [-0.4, -0.2) is 28.4 Å². The van der Waals surface area contributed by atoms with Crippen molar-refractivity contribution in [3.63, 3.8) is 0 Å². The second kappa shape index (κ2) is 3.19. The topological polar surface area (TPSA) is 98.1 Å². The summed E-state index contributed by atoms with van der Waals surface area (Å²) in [5.74, 6) is -0.299. The van der Waals surface area contributed by atoms with Crippen LogP contribution in [0.4, 0.5) is 0 Å². The van der Waals surface area contributed by atoms with Crippen molar-refractivity contribution in [1.29, 1.82) is 0 Å². The molecule has 2 rings (SSSR count). The molecular weight excluding hydrogens is 202 g/mol. The van der Waals surface area contributed by atoms with E-state index in [1.807, 2.05) is 0 Å². The number of ether oxygens (including phenoxy) is 1. The molecule has 0 saturated heterocycles. The zero-order valence-electron chi connectivity index (χ0n) is 8.03. The third kappa shape index (κ3) is 1.28. The number of hydrogen-bond acceptors (Lipinski definition) is 6. The van der Waals surface area contributed by atoms with E-state index in [1.54, 1.807) is 6.92 Å². The van der Waals surface area contributed by atoms with Gasteiger partial charge in [0.05, 0.1) is 12.5 Å². The summed E-state index contributed by atoms with van der Waals surface area (Å²) in [6, 6.07) is 0. The molecule has 0 spiro atoms. The van der Waals surface area contributed by atoms with E-state index in [4.69, 9.17) is 4.52 Å². The van der Waals surface area contributed by atoms with Gasteiger partial charge in [-0.15, -0.1) is 0 Å². The van der Waals surface area contributed by atoms with Crippen molar-refractivity contribution in [1.82, 2.24) is 15.4 Å². The van der Waals surface area contributed by atoms with Gasteiger partial charge in [-0.05, 0) is 6.92 Å². The van der Waals surface area contributed by atoms with Gasteiger partial charge < -0.3 is 9.26 Å². The molecular formula is C8H7N3O4. The smallest absolute Gasteiger partial charge is 0.359 e. The molecule has 0 atom stereocenters. The zero-order chi connectivity index (χ0) is 11.0. The number of methoxy groups -OCH3 is 1. The molecule has 2 heterocycles. The predicted molar refractivity (Wildman–Crippen MR) is 48.5 cm³/mol. The van der Waals surface area contributed by atoms with E-state index in [0.717, 1.165) is 0 Å². The predicted octanol–water partition coefficient (Wildman–Crippen LogP) is 0.00612. The monoisotopic (exact) mass is 209 g/mol. The SMILES string of the molecule is COC(=O)c1n[nH]c(=O)c2noc(C)c12. The number of aromatic nitrogens is 3. The first-order chi connectivity index (χ1) is 7.15. The van der Waals surface area contributed by atoms with Crippen LogP contribution in [0.5, 0.6) is 0 Å². The Labute approximate surface area is 83.0 Å². The number of hydrogen-bond donors (Lipinski definition) is 1. The van der Waals surface area contributed by atoms with Crippen molar-refractivity contribution >= 4 is 16.9 Å². The Morgan fingerprint density at radius 3 is 2.93 bits per heavy atom. The molecule has 7 nitrogen and oxygen atoms in total. The largest absolute Gasteiger partial charge is 0.464 e. The van der Waals surface area contributed by atoms with Crippen molar-refractivity contribution in [3.05, 3.63) is 21.8 Å². The summed E-state index contributed by atoms with van der Waals surface area (Å²) >= 11 is 0. The summed E-state index contributed by atoms with van der Waals surface area (Å²) in [6.45, 7) is 1.59. The molecule has 0 fully saturated rings. The van der Waals surface area contributed by atoms with E-state index < -0.39 is 11.5 Å². The first-order valence-corrected chi connectivity index (χ1v) is 4.08. The number of H-pyrrole nitrogens is 1. The van der Waals surface area contributed by atoms with Crippen LogP contribution in [0.25, 0.3) is 10.9 Å². The van der Waals surface area contributed by atoms with Gasteiger partial charge in [-0.1, -0.05) is 5.16 Å². The average Bonchev–Trinajstić information content (AvgIpc) is 2.62. The molecule has 78 valence electrons. The van der Waals surface area contributed by atoms with Crippen LogP contribution in [0.2, 0.25) is 0 Å². The lowest BCUT2D eigenvalue weighted by Gasteiger charge is -1.97. The van der Waals surface area contributed by atoms with Gasteiger partial charge in [0.1, 0.15) is 5.76 Å². The summed E-state index contributed by atoms with van der Waals surface area (Å²) in [5, 5.41) is 9.55. The second-order valence-electron chi connectivity index (χ2n) is 2.86. The lowest BCUT2D eigenvalue weighted by atomic mass is 10.2. The molecule has 7 heteroatoms. The standard InChI is InChI=1S/C8H7N3O4/c1-3-4-5(11-15-3)7(12)10-9-6(4)8(13)14-2/h1-2H3,(H,10,12). The van der Waals surface area contributed by atoms with Gasteiger partial charge in [-0.25, -0.2) is 9.89 Å². The fourth-order valence-corrected chi connectivity index (χ4v) is 1.27. The summed E-state index contributed by atoms with van der Waals surface area (Å²) in [5.41, 5.74) is -0.469. The normalized spacial score (nSPS) is 10.5. The molecule has 15 heavy (non-hydrogen) atoms. The van der Waals surface area contributed by atoms with Crippen LogP contribution in [-0.2, 0) is 4.74 Å². The van der Waals surface area contributed by atoms with Gasteiger partial charge >= 0.3 is 5.97 Å². The molecule has 0 aliphatic rings. The van der Waals surface area contributed by atoms with Gasteiger partial charge in [0.2, 0.25) is 0 Å². The van der Waals surface area contributed by atoms with Gasteiger partial charge in [0, 0.05) is 0 Å².